The Bertz CT molecular complexity index is 1340. The largest absolute Gasteiger partial charge is 0.493 e. The number of aliphatic imine (C=N–C) groups is 1. The molecule has 1 fully saturated rings. The highest BCUT2D eigenvalue weighted by atomic mass is 32.2. The predicted octanol–water partition coefficient (Wildman–Crippen LogP) is 3.42. The molecule has 0 bridgehead atoms. The number of pyridine rings is 1. The molecule has 0 saturated heterocycles. The van der Waals surface area contributed by atoms with Gasteiger partial charge in [-0.1, -0.05) is 0 Å². The topological polar surface area (TPSA) is 136 Å². The number of hydrogen-bond acceptors (Lipinski definition) is 8. The number of nitrogens with zero attached hydrogens (tertiary/aromatic N) is 4. The minimum atomic E-state index is -3.66. The van der Waals surface area contributed by atoms with Gasteiger partial charge in [-0.05, 0) is 62.9 Å². The molecule has 1 aliphatic heterocycles. The number of imidazole rings is 1. The number of fused-ring (bicyclic) bond motifs is 3. The van der Waals surface area contributed by atoms with Crippen LogP contribution in [0.15, 0.2) is 54.2 Å². The first-order chi connectivity index (χ1) is 17.7. The number of aliphatic hydroxyl groups excluding tert-OH is 1. The van der Waals surface area contributed by atoms with Gasteiger partial charge in [0.25, 0.3) is 10.1 Å². The zero-order valence-corrected chi connectivity index (χ0v) is 21.9. The number of aromatic nitrogens is 3. The van der Waals surface area contributed by atoms with E-state index in [4.69, 9.17) is 19.0 Å². The third-order valence-electron chi connectivity index (χ3n) is 6.53. The maximum atomic E-state index is 10.3. The van der Waals surface area contributed by atoms with Crippen molar-refractivity contribution >= 4 is 15.8 Å². The van der Waals surface area contributed by atoms with E-state index in [9.17, 15) is 13.5 Å². The fourth-order valence-corrected chi connectivity index (χ4v) is 4.68. The Hall–Kier alpha value is -3.28. The van der Waals surface area contributed by atoms with E-state index in [1.54, 1.807) is 19.6 Å². The lowest BCUT2D eigenvalue weighted by molar-refractivity contribution is 0.111. The molecule has 3 atom stereocenters. The number of hydrogen-bond donors (Lipinski definition) is 2. The molecule has 37 heavy (non-hydrogen) atoms. The van der Waals surface area contributed by atoms with Crippen LogP contribution in [-0.2, 0) is 10.1 Å². The van der Waals surface area contributed by atoms with Crippen LogP contribution in [0.4, 0.5) is 0 Å². The molecule has 0 amide bonds. The van der Waals surface area contributed by atoms with Crippen molar-refractivity contribution in [2.24, 2.45) is 4.99 Å². The minimum absolute atomic E-state index is 0.141. The molecule has 10 nitrogen and oxygen atoms in total. The van der Waals surface area contributed by atoms with E-state index in [0.29, 0.717) is 18.8 Å². The van der Waals surface area contributed by atoms with Crippen molar-refractivity contribution in [3.05, 3.63) is 65.9 Å². The third-order valence-corrected chi connectivity index (χ3v) is 7.26. The van der Waals surface area contributed by atoms with Crippen LogP contribution >= 0.6 is 0 Å². The van der Waals surface area contributed by atoms with Crippen LogP contribution in [0.2, 0.25) is 0 Å². The monoisotopic (exact) mass is 528 g/mol. The van der Waals surface area contributed by atoms with E-state index in [1.165, 1.54) is 6.92 Å². The third kappa shape index (κ3) is 6.17. The maximum absolute atomic E-state index is 10.3. The minimum Gasteiger partial charge on any atom is -0.493 e. The van der Waals surface area contributed by atoms with Crippen molar-refractivity contribution in [3.8, 4) is 17.3 Å². The average molecular weight is 529 g/mol. The first-order valence-corrected chi connectivity index (χ1v) is 13.9. The first kappa shape index (κ1) is 26.8. The highest BCUT2D eigenvalue weighted by Gasteiger charge is 2.37. The van der Waals surface area contributed by atoms with Crippen LogP contribution in [0.1, 0.15) is 55.7 Å². The standard InChI is InChI=1S/C24H26N4O3.C2H6O3S/c1-3-31-22-11-17-18-10-16(29)5-6-20(18)27-24(19(17)12-21(22)30-2)15-4-7-23(26-13-15)28-9-8-25-14-28;1-2-6(3,4)5/h4,7-9,11-14,16,18,20,29H,3,5-6,10H2,1-2H3;2H2,1H3,(H,3,4,5)/t16-,18-,20-;/m1./s1. The lowest BCUT2D eigenvalue weighted by Crippen LogP contribution is -2.34. The van der Waals surface area contributed by atoms with Gasteiger partial charge in [0, 0.05) is 35.6 Å². The average Bonchev–Trinajstić information content (AvgIpc) is 3.43. The van der Waals surface area contributed by atoms with E-state index in [1.807, 2.05) is 42.1 Å². The van der Waals surface area contributed by atoms with Gasteiger partial charge in [0.15, 0.2) is 11.5 Å². The van der Waals surface area contributed by atoms with Crippen LogP contribution in [0.25, 0.3) is 5.82 Å². The Balaban J connectivity index is 0.000000480. The number of aliphatic hydroxyl groups is 1. The Kier molecular flexibility index (Phi) is 8.25. The smallest absolute Gasteiger partial charge is 0.264 e. The highest BCUT2D eigenvalue weighted by Crippen LogP contribution is 2.44. The molecular weight excluding hydrogens is 496 g/mol. The predicted molar refractivity (Wildman–Crippen MR) is 140 cm³/mol. The fourth-order valence-electron chi connectivity index (χ4n) is 4.68. The molecule has 0 radical (unpaired) electrons. The van der Waals surface area contributed by atoms with E-state index in [-0.39, 0.29) is 23.8 Å². The van der Waals surface area contributed by atoms with Crippen molar-refractivity contribution in [1.29, 1.82) is 0 Å². The summed E-state index contributed by atoms with van der Waals surface area (Å²) in [5.74, 6) is 2.20. The summed E-state index contributed by atoms with van der Waals surface area (Å²) in [4.78, 5) is 13.9. The van der Waals surface area contributed by atoms with Gasteiger partial charge in [0.05, 0.1) is 37.3 Å². The lowest BCUT2D eigenvalue weighted by Gasteiger charge is -2.37. The summed E-state index contributed by atoms with van der Waals surface area (Å²) in [6.45, 7) is 3.90. The summed E-state index contributed by atoms with van der Waals surface area (Å²) in [6.07, 6.45) is 9.26. The molecular formula is C26H32N4O6S. The molecule has 1 aromatic carbocycles. The molecule has 0 spiro atoms. The van der Waals surface area contributed by atoms with Crippen LogP contribution in [0.5, 0.6) is 11.5 Å². The first-order valence-electron chi connectivity index (χ1n) is 12.2. The highest BCUT2D eigenvalue weighted by molar-refractivity contribution is 7.85. The van der Waals surface area contributed by atoms with Gasteiger partial charge in [-0.2, -0.15) is 8.42 Å². The van der Waals surface area contributed by atoms with Crippen molar-refractivity contribution in [3.63, 3.8) is 0 Å². The van der Waals surface area contributed by atoms with Crippen LogP contribution in [0, 0.1) is 0 Å². The molecule has 2 aromatic heterocycles. The van der Waals surface area contributed by atoms with Crippen LogP contribution < -0.4 is 9.47 Å². The van der Waals surface area contributed by atoms with Crippen LogP contribution in [0.3, 0.4) is 0 Å². The summed E-state index contributed by atoms with van der Waals surface area (Å²) >= 11 is 0. The molecule has 3 aromatic rings. The Labute approximate surface area is 216 Å². The zero-order valence-electron chi connectivity index (χ0n) is 21.1. The summed E-state index contributed by atoms with van der Waals surface area (Å²) in [5.41, 5.74) is 4.06. The molecule has 198 valence electrons. The van der Waals surface area contributed by atoms with Crippen LogP contribution in [-0.4, -0.2) is 69.9 Å². The van der Waals surface area contributed by atoms with Gasteiger partial charge in [-0.25, -0.2) is 9.97 Å². The number of methoxy groups -OCH3 is 1. The molecule has 0 unspecified atom stereocenters. The van der Waals surface area contributed by atoms with Gasteiger partial charge in [-0.3, -0.25) is 14.1 Å². The fraction of sp³-hybridized carbons (Fsp3) is 0.423. The summed E-state index contributed by atoms with van der Waals surface area (Å²) < 4.78 is 40.2. The summed E-state index contributed by atoms with van der Waals surface area (Å²) in [5, 5.41) is 10.3. The van der Waals surface area contributed by atoms with Gasteiger partial charge in [-0.15, -0.1) is 0 Å². The van der Waals surface area contributed by atoms with Crippen molar-refractivity contribution in [1.82, 2.24) is 14.5 Å². The summed E-state index contributed by atoms with van der Waals surface area (Å²) in [6, 6.07) is 8.25. The van der Waals surface area contributed by atoms with Gasteiger partial charge in [0.2, 0.25) is 0 Å². The molecule has 2 aliphatic rings. The van der Waals surface area contributed by atoms with Gasteiger partial charge < -0.3 is 14.6 Å². The second-order valence-electron chi connectivity index (χ2n) is 8.89. The zero-order chi connectivity index (χ0) is 26.6. The van der Waals surface area contributed by atoms with E-state index >= 15 is 0 Å². The van der Waals surface area contributed by atoms with Crippen molar-refractivity contribution < 1.29 is 27.6 Å². The van der Waals surface area contributed by atoms with E-state index in [0.717, 1.165) is 46.8 Å². The Morgan fingerprint density at radius 2 is 1.95 bits per heavy atom. The molecule has 1 saturated carbocycles. The Morgan fingerprint density at radius 1 is 1.16 bits per heavy atom. The molecule has 2 N–H and O–H groups in total. The second-order valence-corrected chi connectivity index (χ2v) is 10.6. The molecule has 1 aliphatic carbocycles. The lowest BCUT2D eigenvalue weighted by atomic mass is 9.74. The maximum Gasteiger partial charge on any atom is 0.264 e. The van der Waals surface area contributed by atoms with Gasteiger partial charge in [0.1, 0.15) is 12.1 Å². The number of rotatable bonds is 6. The second kappa shape index (κ2) is 11.4. The molecule has 3 heterocycles. The van der Waals surface area contributed by atoms with Crippen molar-refractivity contribution in [2.45, 2.75) is 51.2 Å². The molecule has 11 heteroatoms. The Morgan fingerprint density at radius 3 is 2.54 bits per heavy atom. The summed E-state index contributed by atoms with van der Waals surface area (Å²) in [7, 11) is -2.01. The van der Waals surface area contributed by atoms with Gasteiger partial charge >= 0.3 is 0 Å². The SMILES string of the molecule is CCOc1cc2c(cc1OC)C(c1ccc(-n3ccnc3)nc1)=N[C@@H]1CC[C@@H](O)C[C@H]21.CCS(=O)(=O)O. The number of benzene rings is 1. The quantitative estimate of drug-likeness (QED) is 0.465. The van der Waals surface area contributed by atoms with E-state index in [2.05, 4.69) is 16.0 Å². The number of ether oxygens (including phenoxy) is 2. The normalized spacial score (nSPS) is 20.6. The van der Waals surface area contributed by atoms with Crippen molar-refractivity contribution in [2.75, 3.05) is 19.5 Å². The van der Waals surface area contributed by atoms with E-state index < -0.39 is 10.1 Å². The molecule has 5 rings (SSSR count).